The highest BCUT2D eigenvalue weighted by Gasteiger charge is 2.35. The van der Waals surface area contributed by atoms with E-state index < -0.39 is 47.4 Å². The minimum atomic E-state index is -4.59. The Hall–Kier alpha value is -3.19. The van der Waals surface area contributed by atoms with Crippen molar-refractivity contribution in [2.45, 2.75) is 50.9 Å². The minimum absolute atomic E-state index is 0.0344. The van der Waals surface area contributed by atoms with E-state index in [0.29, 0.717) is 30.9 Å². The Morgan fingerprint density at radius 2 is 1.84 bits per heavy atom. The first-order valence-corrected chi connectivity index (χ1v) is 12.3. The van der Waals surface area contributed by atoms with Crippen molar-refractivity contribution in [2.75, 3.05) is 13.1 Å². The summed E-state index contributed by atoms with van der Waals surface area (Å²) in [6, 6.07) is 4.06. The number of halogens is 5. The second-order valence-electron chi connectivity index (χ2n) is 8.83. The van der Waals surface area contributed by atoms with Crippen LogP contribution in [0, 0.1) is 18.6 Å². The number of alkyl halides is 3. The number of aliphatic hydroxyl groups is 1. The lowest BCUT2D eigenvalue weighted by atomic mass is 9.97. The molecule has 1 amide bonds. The standard InChI is InChI=1S/C24H23F5N4O3S/c1-13-9-20(24(27,28)29)31-33(13)11-21(36)32-7-5-14(6-8-32)23-30-17(12-37-23)18(34)10-19(35)22-15(25)3-2-4-16(22)26/h2-4,9,12,14,19,35H,5-8,10-11H2,1H3. The molecular formula is C24H23F5N4O3S. The number of amides is 1. The van der Waals surface area contributed by atoms with Gasteiger partial charge in [-0.15, -0.1) is 11.3 Å². The van der Waals surface area contributed by atoms with Crippen molar-refractivity contribution in [3.05, 3.63) is 68.9 Å². The molecular weight excluding hydrogens is 519 g/mol. The second kappa shape index (κ2) is 10.7. The Kier molecular flexibility index (Phi) is 7.74. The van der Waals surface area contributed by atoms with Gasteiger partial charge in [0.25, 0.3) is 0 Å². The molecule has 198 valence electrons. The average Bonchev–Trinajstić information content (AvgIpc) is 3.46. The molecule has 1 N–H and O–H groups in total. The van der Waals surface area contributed by atoms with Crippen molar-refractivity contribution in [3.8, 4) is 0 Å². The van der Waals surface area contributed by atoms with Gasteiger partial charge in [-0.2, -0.15) is 18.3 Å². The number of aryl methyl sites for hydroxylation is 1. The largest absolute Gasteiger partial charge is 0.435 e. The van der Waals surface area contributed by atoms with Crippen molar-refractivity contribution in [1.82, 2.24) is 19.7 Å². The molecule has 1 atom stereocenters. The zero-order valence-corrected chi connectivity index (χ0v) is 20.5. The highest BCUT2D eigenvalue weighted by molar-refractivity contribution is 7.09. The minimum Gasteiger partial charge on any atom is -0.388 e. The van der Waals surface area contributed by atoms with Crippen LogP contribution in [-0.2, 0) is 17.5 Å². The number of hydrogen-bond donors (Lipinski definition) is 1. The highest BCUT2D eigenvalue weighted by atomic mass is 32.1. The molecule has 0 bridgehead atoms. The number of ketones is 1. The number of hydrogen-bond acceptors (Lipinski definition) is 6. The second-order valence-corrected chi connectivity index (χ2v) is 9.72. The van der Waals surface area contributed by atoms with Crippen LogP contribution in [0.4, 0.5) is 22.0 Å². The number of thiazole rings is 1. The summed E-state index contributed by atoms with van der Waals surface area (Å²) in [4.78, 5) is 31.1. The number of piperidine rings is 1. The van der Waals surface area contributed by atoms with Crippen molar-refractivity contribution in [2.24, 2.45) is 0 Å². The maximum Gasteiger partial charge on any atom is 0.435 e. The number of carbonyl (C=O) groups is 2. The number of benzene rings is 1. The maximum atomic E-state index is 13.9. The fourth-order valence-corrected chi connectivity index (χ4v) is 5.22. The number of aromatic nitrogens is 3. The van der Waals surface area contributed by atoms with Crippen LogP contribution in [0.3, 0.4) is 0 Å². The molecule has 13 heteroatoms. The van der Waals surface area contributed by atoms with E-state index in [1.807, 2.05) is 0 Å². The van der Waals surface area contributed by atoms with E-state index in [9.17, 15) is 36.6 Å². The SMILES string of the molecule is Cc1cc(C(F)(F)F)nn1CC(=O)N1CCC(c2nc(C(=O)CC(O)c3c(F)cccc3F)cs2)CC1. The molecule has 0 saturated carbocycles. The van der Waals surface area contributed by atoms with Gasteiger partial charge in [-0.3, -0.25) is 14.3 Å². The molecule has 1 fully saturated rings. The first kappa shape index (κ1) is 26.9. The third-order valence-electron chi connectivity index (χ3n) is 6.27. The van der Waals surface area contributed by atoms with Gasteiger partial charge >= 0.3 is 6.18 Å². The summed E-state index contributed by atoms with van der Waals surface area (Å²) in [7, 11) is 0. The summed E-state index contributed by atoms with van der Waals surface area (Å²) in [5, 5.41) is 15.9. The Balaban J connectivity index is 1.32. The summed E-state index contributed by atoms with van der Waals surface area (Å²) >= 11 is 1.25. The van der Waals surface area contributed by atoms with Gasteiger partial charge in [0.2, 0.25) is 5.91 Å². The molecule has 3 heterocycles. The fourth-order valence-electron chi connectivity index (χ4n) is 4.23. The molecule has 1 aliphatic rings. The quantitative estimate of drug-likeness (QED) is 0.347. The lowest BCUT2D eigenvalue weighted by Gasteiger charge is -2.31. The summed E-state index contributed by atoms with van der Waals surface area (Å²) in [6.45, 7) is 1.89. The average molecular weight is 543 g/mol. The zero-order chi connectivity index (χ0) is 26.9. The molecule has 4 rings (SSSR count). The molecule has 2 aromatic heterocycles. The van der Waals surface area contributed by atoms with Crippen LogP contribution in [0.25, 0.3) is 0 Å². The van der Waals surface area contributed by atoms with Crippen molar-refractivity contribution in [1.29, 1.82) is 0 Å². The van der Waals surface area contributed by atoms with E-state index in [2.05, 4.69) is 10.1 Å². The normalized spacial score (nSPS) is 15.7. The fraction of sp³-hybridized carbons (Fsp3) is 0.417. The van der Waals surface area contributed by atoms with Gasteiger partial charge in [0, 0.05) is 36.5 Å². The van der Waals surface area contributed by atoms with E-state index in [-0.39, 0.29) is 29.8 Å². The number of likely N-dealkylation sites (tertiary alicyclic amines) is 1. The molecule has 1 saturated heterocycles. The van der Waals surface area contributed by atoms with Gasteiger partial charge in [-0.05, 0) is 38.0 Å². The van der Waals surface area contributed by atoms with E-state index in [1.165, 1.54) is 23.6 Å². The lowest BCUT2D eigenvalue weighted by Crippen LogP contribution is -2.40. The predicted octanol–water partition coefficient (Wildman–Crippen LogP) is 4.66. The third kappa shape index (κ3) is 6.04. The monoisotopic (exact) mass is 542 g/mol. The predicted molar refractivity (Wildman–Crippen MR) is 123 cm³/mol. The van der Waals surface area contributed by atoms with E-state index >= 15 is 0 Å². The van der Waals surface area contributed by atoms with Crippen molar-refractivity contribution in [3.63, 3.8) is 0 Å². The summed E-state index contributed by atoms with van der Waals surface area (Å²) in [5.41, 5.74) is -1.29. The molecule has 1 unspecified atom stereocenters. The van der Waals surface area contributed by atoms with Crippen LogP contribution in [0.15, 0.2) is 29.6 Å². The number of nitrogens with zero attached hydrogens (tertiary/aromatic N) is 4. The van der Waals surface area contributed by atoms with E-state index in [0.717, 1.165) is 28.9 Å². The maximum absolute atomic E-state index is 13.9. The number of rotatable bonds is 7. The summed E-state index contributed by atoms with van der Waals surface area (Å²) in [5.74, 6) is -2.82. The van der Waals surface area contributed by atoms with Gasteiger partial charge in [0.1, 0.15) is 23.9 Å². The molecule has 37 heavy (non-hydrogen) atoms. The molecule has 0 radical (unpaired) electrons. The molecule has 0 spiro atoms. The lowest BCUT2D eigenvalue weighted by molar-refractivity contribution is -0.142. The van der Waals surface area contributed by atoms with Crippen LogP contribution in [0.1, 0.15) is 63.7 Å². The Bertz CT molecular complexity index is 1280. The Morgan fingerprint density at radius 1 is 1.19 bits per heavy atom. The summed E-state index contributed by atoms with van der Waals surface area (Å²) < 4.78 is 67.4. The molecule has 0 aliphatic carbocycles. The smallest absolute Gasteiger partial charge is 0.388 e. The van der Waals surface area contributed by atoms with Crippen LogP contribution < -0.4 is 0 Å². The Labute approximate surface area is 212 Å². The van der Waals surface area contributed by atoms with Crippen LogP contribution in [-0.4, -0.2) is 49.6 Å². The first-order valence-electron chi connectivity index (χ1n) is 11.4. The molecule has 3 aromatic rings. The van der Waals surface area contributed by atoms with Gasteiger partial charge in [-0.1, -0.05) is 6.07 Å². The number of Topliss-reactive ketones (excluding diaryl/α,β-unsaturated/α-hetero) is 1. The molecule has 1 aliphatic heterocycles. The number of carbonyl (C=O) groups excluding carboxylic acids is 2. The van der Waals surface area contributed by atoms with Gasteiger partial charge in [0.15, 0.2) is 11.5 Å². The highest BCUT2D eigenvalue weighted by Crippen LogP contribution is 2.32. The van der Waals surface area contributed by atoms with Crippen LogP contribution >= 0.6 is 11.3 Å². The van der Waals surface area contributed by atoms with Crippen LogP contribution in [0.5, 0.6) is 0 Å². The summed E-state index contributed by atoms with van der Waals surface area (Å²) in [6.07, 6.45) is -5.68. The third-order valence-corrected chi connectivity index (χ3v) is 7.28. The Morgan fingerprint density at radius 3 is 2.43 bits per heavy atom. The van der Waals surface area contributed by atoms with Gasteiger partial charge in [-0.25, -0.2) is 13.8 Å². The van der Waals surface area contributed by atoms with Crippen molar-refractivity contribution >= 4 is 23.0 Å². The molecule has 1 aromatic carbocycles. The van der Waals surface area contributed by atoms with E-state index in [4.69, 9.17) is 0 Å². The number of aliphatic hydroxyl groups excluding tert-OH is 1. The zero-order valence-electron chi connectivity index (χ0n) is 19.6. The van der Waals surface area contributed by atoms with E-state index in [1.54, 1.807) is 4.90 Å². The van der Waals surface area contributed by atoms with Crippen LogP contribution in [0.2, 0.25) is 0 Å². The van der Waals surface area contributed by atoms with Gasteiger partial charge < -0.3 is 10.0 Å². The van der Waals surface area contributed by atoms with Gasteiger partial charge in [0.05, 0.1) is 16.7 Å². The molecule has 7 nitrogen and oxygen atoms in total. The van der Waals surface area contributed by atoms with Crippen molar-refractivity contribution < 1.29 is 36.6 Å². The topological polar surface area (TPSA) is 88.3 Å². The first-order chi connectivity index (χ1) is 17.4.